The van der Waals surface area contributed by atoms with Crippen LogP contribution in [-0.4, -0.2) is 107 Å². The number of carbonyl (C=O) groups excluding carboxylic acids is 4. The number of piperidine rings is 1. The largest absolute Gasteiger partial charge is 0.493 e. The van der Waals surface area contributed by atoms with E-state index in [1.807, 2.05) is 39.1 Å². The number of carbonyl (C=O) groups is 4. The van der Waals surface area contributed by atoms with E-state index < -0.39 is 36.4 Å². The molecule has 0 aliphatic carbocycles. The minimum absolute atomic E-state index is 0.000864. The Morgan fingerprint density at radius 1 is 0.963 bits per heavy atom. The molecular weight excluding hydrogens is 694 g/mol. The highest BCUT2D eigenvalue weighted by molar-refractivity contribution is 5.84. The number of Topliss-reactive ketones (excluding diaryl/α,β-unsaturated/α-hetero) is 1. The summed E-state index contributed by atoms with van der Waals surface area (Å²) in [6, 6.07) is 5.54. The number of nitrogens with two attached hydrogens (primary N) is 1. The van der Waals surface area contributed by atoms with E-state index in [1.165, 1.54) is 0 Å². The molecule has 13 nitrogen and oxygen atoms in total. The Bertz CT molecular complexity index is 1360. The van der Waals surface area contributed by atoms with Gasteiger partial charge in [0.1, 0.15) is 12.5 Å². The minimum atomic E-state index is -0.804. The first-order chi connectivity index (χ1) is 25.6. The summed E-state index contributed by atoms with van der Waals surface area (Å²) >= 11 is 0. The molecule has 1 aromatic rings. The molecule has 0 aromatic heterocycles. The van der Waals surface area contributed by atoms with Gasteiger partial charge in [0, 0.05) is 37.9 Å². The number of rotatable bonds is 22. The van der Waals surface area contributed by atoms with Crippen molar-refractivity contribution < 1.29 is 47.6 Å². The summed E-state index contributed by atoms with van der Waals surface area (Å²) in [4.78, 5) is 55.8. The summed E-state index contributed by atoms with van der Waals surface area (Å²) in [7, 11) is 5.30. The van der Waals surface area contributed by atoms with Gasteiger partial charge in [-0.2, -0.15) is 0 Å². The van der Waals surface area contributed by atoms with Gasteiger partial charge in [-0.05, 0) is 94.1 Å². The Labute approximate surface area is 322 Å². The minimum Gasteiger partial charge on any atom is -0.493 e. The number of hydrogen-bond acceptors (Lipinski definition) is 11. The summed E-state index contributed by atoms with van der Waals surface area (Å²) in [6.45, 7) is 14.0. The van der Waals surface area contributed by atoms with E-state index in [1.54, 1.807) is 33.0 Å². The number of benzene rings is 1. The molecule has 2 fully saturated rings. The highest BCUT2D eigenvalue weighted by Crippen LogP contribution is 2.36. The summed E-state index contributed by atoms with van der Waals surface area (Å²) in [5, 5.41) is 0. The molecule has 0 unspecified atom stereocenters. The Morgan fingerprint density at radius 3 is 2.28 bits per heavy atom. The van der Waals surface area contributed by atoms with Crippen molar-refractivity contribution in [2.75, 3.05) is 61.1 Å². The zero-order valence-electron chi connectivity index (χ0n) is 34.2. The van der Waals surface area contributed by atoms with Crippen molar-refractivity contribution in [1.29, 1.82) is 0 Å². The van der Waals surface area contributed by atoms with E-state index in [0.717, 1.165) is 25.1 Å². The number of esters is 1. The fourth-order valence-electron chi connectivity index (χ4n) is 7.18. The van der Waals surface area contributed by atoms with Crippen LogP contribution in [-0.2, 0) is 39.8 Å². The number of primary amides is 1. The molecule has 306 valence electrons. The number of nitrogens with zero attached hydrogens (tertiary/aromatic N) is 2. The standard InChI is InChI=1S/C41H67N3O10/c1-27(2)31(21-29-11-12-35(50-9)37(22-29)51-20-10-19-49-8)23-33-36(24-32(28(3)4)34(45)13-16-41(5,6)39(42)47)52-25-44(33)40(48)54-26-53-38(46)30-14-17-43(7)18-15-30/h11-12,22,27-28,30-33,36H,10,13-21,23-26H2,1-9H3,(H2,42,47)/t31-,32-,33-,36-/m0/s1. The van der Waals surface area contributed by atoms with Gasteiger partial charge >= 0.3 is 12.1 Å². The van der Waals surface area contributed by atoms with Crippen LogP contribution in [0.2, 0.25) is 0 Å². The van der Waals surface area contributed by atoms with Gasteiger partial charge in [-0.15, -0.1) is 0 Å². The monoisotopic (exact) mass is 761 g/mol. The van der Waals surface area contributed by atoms with Crippen molar-refractivity contribution in [2.24, 2.45) is 40.7 Å². The summed E-state index contributed by atoms with van der Waals surface area (Å²) in [6.07, 6.45) is 3.32. The van der Waals surface area contributed by atoms with Crippen LogP contribution in [0.4, 0.5) is 4.79 Å². The predicted octanol–water partition coefficient (Wildman–Crippen LogP) is 5.84. The van der Waals surface area contributed by atoms with Crippen molar-refractivity contribution in [1.82, 2.24) is 9.80 Å². The zero-order chi connectivity index (χ0) is 40.0. The van der Waals surface area contributed by atoms with Gasteiger partial charge in [0.15, 0.2) is 11.5 Å². The predicted molar refractivity (Wildman–Crippen MR) is 205 cm³/mol. The lowest BCUT2D eigenvalue weighted by atomic mass is 9.78. The van der Waals surface area contributed by atoms with E-state index in [-0.39, 0.29) is 54.5 Å². The van der Waals surface area contributed by atoms with Crippen LogP contribution in [0, 0.1) is 35.0 Å². The zero-order valence-corrected chi connectivity index (χ0v) is 34.2. The van der Waals surface area contributed by atoms with Crippen LogP contribution in [0.1, 0.15) is 92.1 Å². The number of methoxy groups -OCH3 is 2. The van der Waals surface area contributed by atoms with Gasteiger partial charge in [-0.3, -0.25) is 19.3 Å². The lowest BCUT2D eigenvalue weighted by molar-refractivity contribution is -0.159. The third-order valence-corrected chi connectivity index (χ3v) is 11.3. The second-order valence-electron chi connectivity index (χ2n) is 16.4. The average molecular weight is 762 g/mol. The number of hydrogen-bond donors (Lipinski definition) is 1. The van der Waals surface area contributed by atoms with Crippen LogP contribution in [0.25, 0.3) is 0 Å². The summed E-state index contributed by atoms with van der Waals surface area (Å²) < 4.78 is 34.1. The number of ether oxygens (including phenoxy) is 6. The number of amides is 2. The molecule has 13 heteroatoms. The van der Waals surface area contributed by atoms with Gasteiger partial charge in [0.05, 0.1) is 31.8 Å². The Kier molecular flexibility index (Phi) is 18.0. The maximum absolute atomic E-state index is 13.7. The normalized spacial score (nSPS) is 19.5. The highest BCUT2D eigenvalue weighted by Gasteiger charge is 2.43. The molecule has 0 bridgehead atoms. The van der Waals surface area contributed by atoms with Crippen molar-refractivity contribution in [3.63, 3.8) is 0 Å². The topological polar surface area (TPSA) is 156 Å². The number of likely N-dealkylation sites (tertiary alicyclic amines) is 1. The fourth-order valence-corrected chi connectivity index (χ4v) is 7.18. The molecule has 2 aliphatic rings. The molecule has 0 spiro atoms. The molecular formula is C41H67N3O10. The maximum atomic E-state index is 13.7. The van der Waals surface area contributed by atoms with Crippen LogP contribution in [0.15, 0.2) is 18.2 Å². The van der Waals surface area contributed by atoms with Crippen molar-refractivity contribution in [3.05, 3.63) is 23.8 Å². The molecule has 2 heterocycles. The summed E-state index contributed by atoms with van der Waals surface area (Å²) in [5.74, 6) is 0.315. The Balaban J connectivity index is 1.81. The van der Waals surface area contributed by atoms with Crippen molar-refractivity contribution >= 4 is 23.8 Å². The summed E-state index contributed by atoms with van der Waals surface area (Å²) in [5.41, 5.74) is 5.85. The lowest BCUT2D eigenvalue weighted by Gasteiger charge is -2.33. The van der Waals surface area contributed by atoms with Gasteiger partial charge < -0.3 is 39.1 Å². The molecule has 54 heavy (non-hydrogen) atoms. The van der Waals surface area contributed by atoms with E-state index >= 15 is 0 Å². The molecule has 0 radical (unpaired) electrons. The van der Waals surface area contributed by atoms with E-state index in [2.05, 4.69) is 18.7 Å². The first-order valence-electron chi connectivity index (χ1n) is 19.6. The highest BCUT2D eigenvalue weighted by atomic mass is 16.7. The van der Waals surface area contributed by atoms with Crippen molar-refractivity contribution in [2.45, 2.75) is 105 Å². The van der Waals surface area contributed by atoms with Gasteiger partial charge in [-0.1, -0.05) is 47.6 Å². The second-order valence-corrected chi connectivity index (χ2v) is 16.4. The van der Waals surface area contributed by atoms with Gasteiger partial charge in [-0.25, -0.2) is 4.79 Å². The average Bonchev–Trinajstić information content (AvgIpc) is 3.53. The van der Waals surface area contributed by atoms with Gasteiger partial charge in [0.2, 0.25) is 12.7 Å². The fraction of sp³-hybridized carbons (Fsp3) is 0.756. The quantitative estimate of drug-likeness (QED) is 0.0860. The Hall–Kier alpha value is -3.42. The molecule has 0 saturated carbocycles. The molecule has 2 saturated heterocycles. The SMILES string of the molecule is COCCCOc1cc(C[C@@H](C[C@H]2[C@H](C[C@H](C(=O)CCC(C)(C)C(N)=O)C(C)C)OCN2C(=O)OCOC(=O)C2CCN(C)CC2)C(C)C)ccc1OC. The first-order valence-corrected chi connectivity index (χ1v) is 19.6. The molecule has 2 N–H and O–H groups in total. The number of ketones is 1. The molecule has 1 aromatic carbocycles. The first kappa shape index (κ1) is 45.0. The molecule has 2 amide bonds. The molecule has 2 aliphatic heterocycles. The Morgan fingerprint density at radius 2 is 1.67 bits per heavy atom. The molecule has 3 rings (SSSR count). The third-order valence-electron chi connectivity index (χ3n) is 11.3. The van der Waals surface area contributed by atoms with Crippen molar-refractivity contribution in [3.8, 4) is 11.5 Å². The van der Waals surface area contributed by atoms with Crippen LogP contribution < -0.4 is 15.2 Å². The lowest BCUT2D eigenvalue weighted by Crippen LogP contribution is -2.43. The molecule has 4 atom stereocenters. The van der Waals surface area contributed by atoms with E-state index in [0.29, 0.717) is 63.2 Å². The third kappa shape index (κ3) is 13.4. The maximum Gasteiger partial charge on any atom is 0.414 e. The second kappa shape index (κ2) is 21.6. The van der Waals surface area contributed by atoms with E-state index in [9.17, 15) is 19.2 Å². The van der Waals surface area contributed by atoms with Gasteiger partial charge in [0.25, 0.3) is 0 Å². The smallest absolute Gasteiger partial charge is 0.414 e. The van der Waals surface area contributed by atoms with Crippen LogP contribution >= 0.6 is 0 Å². The van der Waals surface area contributed by atoms with Crippen LogP contribution in [0.3, 0.4) is 0 Å². The van der Waals surface area contributed by atoms with Crippen LogP contribution in [0.5, 0.6) is 11.5 Å². The van der Waals surface area contributed by atoms with E-state index in [4.69, 9.17) is 34.2 Å².